The monoisotopic (exact) mass is 291 g/mol. The van der Waals surface area contributed by atoms with Crippen molar-refractivity contribution in [2.45, 2.75) is 12.1 Å². The molecule has 1 aromatic carbocycles. The van der Waals surface area contributed by atoms with Crippen LogP contribution in [0.4, 0.5) is 0 Å². The van der Waals surface area contributed by atoms with Crippen molar-refractivity contribution in [3.8, 4) is 17.1 Å². The summed E-state index contributed by atoms with van der Waals surface area (Å²) >= 11 is 1.07. The van der Waals surface area contributed by atoms with Gasteiger partial charge in [-0.25, -0.2) is 0 Å². The van der Waals surface area contributed by atoms with E-state index in [2.05, 4.69) is 15.2 Å². The largest absolute Gasteiger partial charge is 0.492 e. The number of ether oxygens (including phenoxy) is 1. The van der Waals surface area contributed by atoms with Gasteiger partial charge in [-0.2, -0.15) is 4.98 Å². The summed E-state index contributed by atoms with van der Waals surface area (Å²) in [5, 5.41) is 17.9. The van der Waals surface area contributed by atoms with E-state index in [9.17, 15) is 9.90 Å². The van der Waals surface area contributed by atoms with Crippen LogP contribution in [0.5, 0.6) is 5.88 Å². The maximum atomic E-state index is 11.2. The van der Waals surface area contributed by atoms with E-state index in [1.807, 2.05) is 18.2 Å². The molecule has 2 rings (SSSR count). The molecule has 0 saturated heterocycles. The van der Waals surface area contributed by atoms with Crippen LogP contribution in [-0.2, 0) is 9.53 Å². The Kier molecular flexibility index (Phi) is 4.89. The zero-order chi connectivity index (χ0) is 14.4. The summed E-state index contributed by atoms with van der Waals surface area (Å²) in [6.07, 6.45) is 0. The zero-order valence-electron chi connectivity index (χ0n) is 10.8. The lowest BCUT2D eigenvalue weighted by atomic mass is 10.2. The van der Waals surface area contributed by atoms with Crippen LogP contribution >= 0.6 is 11.8 Å². The van der Waals surface area contributed by atoms with Crippen molar-refractivity contribution >= 4 is 17.7 Å². The number of nitrogens with zero attached hydrogens (tertiary/aromatic N) is 3. The van der Waals surface area contributed by atoms with Crippen LogP contribution in [0, 0.1) is 0 Å². The van der Waals surface area contributed by atoms with Crippen molar-refractivity contribution in [1.82, 2.24) is 15.2 Å². The van der Waals surface area contributed by atoms with Gasteiger partial charge in [-0.1, -0.05) is 42.1 Å². The number of carbonyl (C=O) groups is 1. The highest BCUT2D eigenvalue weighted by atomic mass is 32.2. The number of rotatable bonds is 5. The van der Waals surface area contributed by atoms with E-state index in [0.29, 0.717) is 12.3 Å². The van der Waals surface area contributed by atoms with Crippen molar-refractivity contribution in [1.29, 1.82) is 0 Å². The second-order valence-electron chi connectivity index (χ2n) is 3.73. The summed E-state index contributed by atoms with van der Waals surface area (Å²) in [6, 6.07) is 9.14. The number of hydrogen-bond acceptors (Lipinski definition) is 7. The summed E-state index contributed by atoms with van der Waals surface area (Å²) < 4.78 is 4.79. The number of aromatic nitrogens is 3. The minimum absolute atomic E-state index is 0.0830. The van der Waals surface area contributed by atoms with E-state index < -0.39 is 0 Å². The predicted octanol–water partition coefficient (Wildman–Crippen LogP) is 1.90. The van der Waals surface area contributed by atoms with Gasteiger partial charge in [0.1, 0.15) is 0 Å². The van der Waals surface area contributed by atoms with Gasteiger partial charge in [-0.15, -0.1) is 10.2 Å². The third-order valence-corrected chi connectivity index (χ3v) is 3.13. The highest BCUT2D eigenvalue weighted by Gasteiger charge is 2.12. The molecule has 6 nitrogen and oxygen atoms in total. The molecule has 0 aliphatic heterocycles. The minimum atomic E-state index is -0.354. The topological polar surface area (TPSA) is 85.2 Å². The van der Waals surface area contributed by atoms with Gasteiger partial charge in [-0.05, 0) is 6.92 Å². The number of carbonyl (C=O) groups excluding carboxylic acids is 1. The fraction of sp³-hybridized carbons (Fsp3) is 0.231. The van der Waals surface area contributed by atoms with Crippen molar-refractivity contribution in [2.24, 2.45) is 0 Å². The van der Waals surface area contributed by atoms with Crippen LogP contribution in [0.3, 0.4) is 0 Å². The van der Waals surface area contributed by atoms with Crippen LogP contribution < -0.4 is 0 Å². The Bertz CT molecular complexity index is 593. The van der Waals surface area contributed by atoms with E-state index in [0.717, 1.165) is 17.3 Å². The fourth-order valence-electron chi connectivity index (χ4n) is 1.47. The lowest BCUT2D eigenvalue weighted by Gasteiger charge is -2.04. The van der Waals surface area contributed by atoms with E-state index >= 15 is 0 Å². The highest BCUT2D eigenvalue weighted by molar-refractivity contribution is 7.99. The van der Waals surface area contributed by atoms with Gasteiger partial charge in [0.15, 0.2) is 5.69 Å². The maximum Gasteiger partial charge on any atom is 0.316 e. The molecule has 104 valence electrons. The number of esters is 1. The van der Waals surface area contributed by atoms with Crippen LogP contribution in [0.15, 0.2) is 35.5 Å². The van der Waals surface area contributed by atoms with E-state index in [1.165, 1.54) is 0 Å². The molecule has 2 aromatic rings. The number of thioether (sulfide) groups is 1. The molecule has 0 aliphatic rings. The second kappa shape index (κ2) is 6.85. The number of aromatic hydroxyl groups is 1. The molecular weight excluding hydrogens is 278 g/mol. The Morgan fingerprint density at radius 1 is 1.30 bits per heavy atom. The molecule has 0 fully saturated rings. The van der Waals surface area contributed by atoms with Gasteiger partial charge >= 0.3 is 5.97 Å². The highest BCUT2D eigenvalue weighted by Crippen LogP contribution is 2.25. The zero-order valence-corrected chi connectivity index (χ0v) is 11.6. The first-order valence-corrected chi connectivity index (χ1v) is 6.96. The molecule has 0 atom stereocenters. The van der Waals surface area contributed by atoms with Gasteiger partial charge in [0.05, 0.1) is 12.4 Å². The average molecular weight is 291 g/mol. The Labute approximate surface area is 120 Å². The molecule has 0 bridgehead atoms. The number of benzene rings is 1. The third kappa shape index (κ3) is 3.67. The maximum absolute atomic E-state index is 11.2. The SMILES string of the molecule is CCOC(=O)CSc1nnc(-c2ccccc2)c(O)n1. The minimum Gasteiger partial charge on any atom is -0.492 e. The van der Waals surface area contributed by atoms with Crippen LogP contribution in [0.1, 0.15) is 6.92 Å². The van der Waals surface area contributed by atoms with Gasteiger partial charge < -0.3 is 9.84 Å². The summed E-state index contributed by atoms with van der Waals surface area (Å²) in [5.41, 5.74) is 1.04. The van der Waals surface area contributed by atoms with Gasteiger partial charge in [-0.3, -0.25) is 4.79 Å². The van der Waals surface area contributed by atoms with Gasteiger partial charge in [0.25, 0.3) is 0 Å². The van der Waals surface area contributed by atoms with Crippen molar-refractivity contribution in [2.75, 3.05) is 12.4 Å². The van der Waals surface area contributed by atoms with Crippen LogP contribution in [0.25, 0.3) is 11.3 Å². The lowest BCUT2D eigenvalue weighted by molar-refractivity contribution is -0.139. The lowest BCUT2D eigenvalue weighted by Crippen LogP contribution is -2.07. The first-order chi connectivity index (χ1) is 9.70. The quantitative estimate of drug-likeness (QED) is 0.665. The Morgan fingerprint density at radius 2 is 2.05 bits per heavy atom. The van der Waals surface area contributed by atoms with Gasteiger partial charge in [0, 0.05) is 5.56 Å². The van der Waals surface area contributed by atoms with E-state index in [-0.39, 0.29) is 22.8 Å². The first-order valence-electron chi connectivity index (χ1n) is 5.98. The van der Waals surface area contributed by atoms with Crippen molar-refractivity contribution in [3.05, 3.63) is 30.3 Å². The molecule has 1 heterocycles. The number of hydrogen-bond donors (Lipinski definition) is 1. The predicted molar refractivity (Wildman–Crippen MR) is 74.3 cm³/mol. The summed E-state index contributed by atoms with van der Waals surface area (Å²) in [7, 11) is 0. The van der Waals surface area contributed by atoms with Crippen molar-refractivity contribution in [3.63, 3.8) is 0 Å². The van der Waals surface area contributed by atoms with E-state index in [1.54, 1.807) is 19.1 Å². The molecule has 7 heteroatoms. The third-order valence-electron chi connectivity index (χ3n) is 2.32. The average Bonchev–Trinajstić information content (AvgIpc) is 2.46. The van der Waals surface area contributed by atoms with Crippen LogP contribution in [-0.4, -0.2) is 38.6 Å². The Balaban J connectivity index is 2.08. The fourth-order valence-corrected chi connectivity index (χ4v) is 2.05. The van der Waals surface area contributed by atoms with E-state index in [4.69, 9.17) is 4.74 Å². The van der Waals surface area contributed by atoms with Gasteiger partial charge in [0.2, 0.25) is 11.0 Å². The molecule has 1 N–H and O–H groups in total. The molecule has 0 spiro atoms. The summed E-state index contributed by atoms with van der Waals surface area (Å²) in [4.78, 5) is 15.1. The second-order valence-corrected chi connectivity index (χ2v) is 4.67. The molecular formula is C13H13N3O3S. The normalized spacial score (nSPS) is 10.2. The Hall–Kier alpha value is -2.15. The standard InChI is InChI=1S/C13H13N3O3S/c1-2-19-10(17)8-20-13-14-12(18)11(15-16-13)9-6-4-3-5-7-9/h3-7H,2,8H2,1H3,(H,14,16,18). The first kappa shape index (κ1) is 14.3. The molecule has 1 aromatic heterocycles. The van der Waals surface area contributed by atoms with Crippen molar-refractivity contribution < 1.29 is 14.6 Å². The summed E-state index contributed by atoms with van der Waals surface area (Å²) in [6.45, 7) is 2.07. The Morgan fingerprint density at radius 3 is 2.70 bits per heavy atom. The molecule has 0 saturated carbocycles. The molecule has 0 radical (unpaired) electrons. The smallest absolute Gasteiger partial charge is 0.316 e. The summed E-state index contributed by atoms with van der Waals surface area (Å²) in [5.74, 6) is -0.482. The molecule has 20 heavy (non-hydrogen) atoms. The molecule has 0 aliphatic carbocycles. The van der Waals surface area contributed by atoms with Crippen LogP contribution in [0.2, 0.25) is 0 Å². The molecule has 0 amide bonds. The molecule has 0 unspecified atom stereocenters.